The van der Waals surface area contributed by atoms with E-state index in [1.54, 1.807) is 0 Å². The van der Waals surface area contributed by atoms with Crippen LogP contribution in [0.5, 0.6) is 0 Å². The van der Waals surface area contributed by atoms with Crippen molar-refractivity contribution >= 4 is 88.7 Å². The summed E-state index contributed by atoms with van der Waals surface area (Å²) in [5.41, 5.74) is -0.0619. The number of ether oxygens (including phenoxy) is 6. The molecule has 0 bridgehead atoms. The van der Waals surface area contributed by atoms with Gasteiger partial charge in [0.2, 0.25) is 0 Å². The average Bonchev–Trinajstić information content (AvgIpc) is 3.28. The SMILES string of the molecule is O=C(O)CN(CC(=O)O)c1ccc(C(=O)OCC(=O)OCC(COC(=O)COC(=O)c2ccc(N(CC(=O)O)CC(=O)O)cc2)OC(=O)COC(=O)c2ccc(N(CC(=O)O)CC(=O)O)cc2)cc1. The molecule has 0 aliphatic rings. The van der Waals surface area contributed by atoms with Crippen LogP contribution in [0, 0.1) is 0 Å². The highest BCUT2D eigenvalue weighted by atomic mass is 16.6. The Morgan fingerprint density at radius 2 is 0.580 bits per heavy atom. The summed E-state index contributed by atoms with van der Waals surface area (Å²) in [5, 5.41) is 54.5. The van der Waals surface area contributed by atoms with Gasteiger partial charge < -0.3 is 73.8 Å². The lowest BCUT2D eigenvalue weighted by molar-refractivity contribution is -0.170. The fraction of sp³-hybridized carbons (Fsp3) is 0.286. The molecule has 3 rings (SSSR count). The lowest BCUT2D eigenvalue weighted by atomic mass is 10.2. The van der Waals surface area contributed by atoms with Gasteiger partial charge in [-0.05, 0) is 72.8 Å². The zero-order valence-corrected chi connectivity index (χ0v) is 35.7. The van der Waals surface area contributed by atoms with Gasteiger partial charge in [0.1, 0.15) is 52.5 Å². The van der Waals surface area contributed by atoms with Gasteiger partial charge in [-0.3, -0.25) is 28.8 Å². The molecule has 368 valence electrons. The van der Waals surface area contributed by atoms with E-state index in [4.69, 9.17) is 59.1 Å². The van der Waals surface area contributed by atoms with Gasteiger partial charge in [0.05, 0.1) is 16.7 Å². The highest BCUT2D eigenvalue weighted by Crippen LogP contribution is 2.19. The standard InChI is InChI=1S/C42H41N3O24/c46-31(47)13-43(14-32(48)49)27-7-1-24(2-8-27)40(61)66-21-37(58)64-19-30(69-39(60)23-68-42(63)26-5-11-29(12-6-26)45(17-35(54)55)18-36(56)57)20-65-38(59)22-67-41(62)25-3-9-28(10-4-25)44(15-33(50)51)16-34(52)53/h1-12,30H,13-23H2,(H,46,47)(H,48,49)(H,50,51)(H,52,53)(H,54,55)(H,56,57). The minimum Gasteiger partial charge on any atom is -0.480 e. The minimum atomic E-state index is -1.65. The van der Waals surface area contributed by atoms with Gasteiger partial charge in [-0.2, -0.15) is 0 Å². The summed E-state index contributed by atoms with van der Waals surface area (Å²) in [4.78, 5) is 146. The highest BCUT2D eigenvalue weighted by Gasteiger charge is 2.24. The summed E-state index contributed by atoms with van der Waals surface area (Å²) in [5.74, 6) is -14.9. The van der Waals surface area contributed by atoms with Crippen LogP contribution in [0.1, 0.15) is 31.1 Å². The van der Waals surface area contributed by atoms with Gasteiger partial charge in [0.25, 0.3) is 0 Å². The third-order valence-electron chi connectivity index (χ3n) is 8.48. The second-order valence-corrected chi connectivity index (χ2v) is 13.8. The first-order chi connectivity index (χ1) is 32.6. The number of rotatable bonds is 29. The lowest BCUT2D eigenvalue weighted by Gasteiger charge is -2.20. The first-order valence-corrected chi connectivity index (χ1v) is 19.5. The molecule has 0 heterocycles. The van der Waals surface area contributed by atoms with Crippen LogP contribution < -0.4 is 14.7 Å². The summed E-state index contributed by atoms with van der Waals surface area (Å²) in [6, 6.07) is 14.4. The number of aliphatic carboxylic acids is 6. The first-order valence-electron chi connectivity index (χ1n) is 19.5. The molecule has 0 saturated heterocycles. The monoisotopic (exact) mass is 971 g/mol. The van der Waals surface area contributed by atoms with E-state index in [1.165, 1.54) is 60.7 Å². The van der Waals surface area contributed by atoms with Crippen LogP contribution in [0.3, 0.4) is 0 Å². The Morgan fingerprint density at radius 3 is 0.812 bits per heavy atom. The van der Waals surface area contributed by atoms with Gasteiger partial charge in [-0.1, -0.05) is 0 Å². The van der Waals surface area contributed by atoms with Crippen molar-refractivity contribution in [3.8, 4) is 0 Å². The molecule has 0 atom stereocenters. The fourth-order valence-electron chi connectivity index (χ4n) is 5.53. The van der Waals surface area contributed by atoms with Crippen molar-refractivity contribution in [1.82, 2.24) is 0 Å². The molecule has 0 saturated carbocycles. The summed E-state index contributed by atoms with van der Waals surface area (Å²) in [6.07, 6.45) is -1.65. The Labute approximate surface area is 387 Å². The normalized spacial score (nSPS) is 10.4. The Bertz CT molecular complexity index is 2230. The molecule has 6 N–H and O–H groups in total. The van der Waals surface area contributed by atoms with Crippen LogP contribution in [0.2, 0.25) is 0 Å². The second kappa shape index (κ2) is 26.6. The van der Waals surface area contributed by atoms with Crippen molar-refractivity contribution in [2.24, 2.45) is 0 Å². The lowest BCUT2D eigenvalue weighted by Crippen LogP contribution is -2.34. The predicted octanol–water partition coefficient (Wildman–Crippen LogP) is -0.518. The van der Waals surface area contributed by atoms with Gasteiger partial charge >= 0.3 is 71.6 Å². The number of carbonyl (C=O) groups is 12. The van der Waals surface area contributed by atoms with Gasteiger partial charge in [0, 0.05) is 17.1 Å². The topological polar surface area (TPSA) is 391 Å². The zero-order valence-electron chi connectivity index (χ0n) is 35.7. The van der Waals surface area contributed by atoms with Gasteiger partial charge in [0.15, 0.2) is 25.9 Å². The van der Waals surface area contributed by atoms with Crippen LogP contribution >= 0.6 is 0 Å². The zero-order chi connectivity index (χ0) is 51.2. The molecular formula is C42H41N3O24. The number of carboxylic acid groups (broad SMARTS) is 6. The second-order valence-electron chi connectivity index (χ2n) is 13.8. The van der Waals surface area contributed by atoms with Crippen molar-refractivity contribution in [2.45, 2.75) is 6.10 Å². The number of carboxylic acids is 6. The Hall–Kier alpha value is -9.30. The maximum atomic E-state index is 12.8. The van der Waals surface area contributed by atoms with Crippen LogP contribution in [0.4, 0.5) is 17.1 Å². The molecule has 3 aromatic carbocycles. The molecule has 0 radical (unpaired) electrons. The number of anilines is 3. The Kier molecular flexibility index (Phi) is 20.8. The van der Waals surface area contributed by atoms with E-state index in [-0.39, 0.29) is 33.8 Å². The number of hydrogen-bond acceptors (Lipinski definition) is 21. The molecule has 27 nitrogen and oxygen atoms in total. The number of carbonyl (C=O) groups excluding carboxylic acids is 6. The summed E-state index contributed by atoms with van der Waals surface area (Å²) < 4.78 is 29.9. The molecule has 0 unspecified atom stereocenters. The Balaban J connectivity index is 1.63. The molecule has 0 aliphatic carbocycles. The molecular weight excluding hydrogens is 930 g/mol. The number of esters is 6. The molecule has 0 aliphatic heterocycles. The van der Waals surface area contributed by atoms with Crippen molar-refractivity contribution in [3.63, 3.8) is 0 Å². The van der Waals surface area contributed by atoms with E-state index in [0.717, 1.165) is 26.8 Å². The van der Waals surface area contributed by atoms with Gasteiger partial charge in [-0.15, -0.1) is 0 Å². The largest absolute Gasteiger partial charge is 0.480 e. The molecule has 0 amide bonds. The maximum Gasteiger partial charge on any atom is 0.344 e. The third kappa shape index (κ3) is 19.8. The molecule has 69 heavy (non-hydrogen) atoms. The Morgan fingerprint density at radius 1 is 0.348 bits per heavy atom. The number of hydrogen-bond donors (Lipinski definition) is 6. The maximum absolute atomic E-state index is 12.8. The van der Waals surface area contributed by atoms with Crippen molar-refractivity contribution in [2.75, 3.05) is 87.0 Å². The minimum absolute atomic E-state index is 0.122. The third-order valence-corrected chi connectivity index (χ3v) is 8.48. The molecule has 0 fully saturated rings. The first kappa shape index (κ1) is 54.0. The van der Waals surface area contributed by atoms with Gasteiger partial charge in [-0.25, -0.2) is 28.8 Å². The average molecular weight is 972 g/mol. The van der Waals surface area contributed by atoms with E-state index in [1.807, 2.05) is 0 Å². The van der Waals surface area contributed by atoms with Crippen LogP contribution in [0.25, 0.3) is 0 Å². The molecule has 0 spiro atoms. The summed E-state index contributed by atoms with van der Waals surface area (Å²) in [6.45, 7) is -8.93. The number of nitrogens with zero attached hydrogens (tertiary/aromatic N) is 3. The predicted molar refractivity (Wildman–Crippen MR) is 224 cm³/mol. The van der Waals surface area contributed by atoms with E-state index in [0.29, 0.717) is 0 Å². The van der Waals surface area contributed by atoms with Crippen LogP contribution in [-0.4, -0.2) is 181 Å². The van der Waals surface area contributed by atoms with E-state index < -0.39 is 150 Å². The summed E-state index contributed by atoms with van der Waals surface area (Å²) >= 11 is 0. The number of benzene rings is 3. The van der Waals surface area contributed by atoms with Crippen molar-refractivity contribution in [3.05, 3.63) is 89.5 Å². The van der Waals surface area contributed by atoms with E-state index >= 15 is 0 Å². The smallest absolute Gasteiger partial charge is 0.344 e. The molecule has 3 aromatic rings. The van der Waals surface area contributed by atoms with Crippen LogP contribution in [0.15, 0.2) is 72.8 Å². The van der Waals surface area contributed by atoms with Crippen LogP contribution in [-0.2, 0) is 71.6 Å². The van der Waals surface area contributed by atoms with Crippen molar-refractivity contribution in [1.29, 1.82) is 0 Å². The highest BCUT2D eigenvalue weighted by molar-refractivity contribution is 5.93. The summed E-state index contributed by atoms with van der Waals surface area (Å²) in [7, 11) is 0. The quantitative estimate of drug-likeness (QED) is 0.0376. The van der Waals surface area contributed by atoms with Crippen molar-refractivity contribution < 1.29 is 117 Å². The van der Waals surface area contributed by atoms with E-state index in [2.05, 4.69) is 0 Å². The molecule has 0 aromatic heterocycles. The molecule has 27 heteroatoms. The van der Waals surface area contributed by atoms with E-state index in [9.17, 15) is 57.5 Å². The fourth-order valence-corrected chi connectivity index (χ4v) is 5.53.